The zero-order valence-corrected chi connectivity index (χ0v) is 13.9. The zero-order valence-electron chi connectivity index (χ0n) is 13.0. The first-order chi connectivity index (χ1) is 12.2. The number of hydroxylamine groups is 2. The number of carbonyl (C=O) groups excluding carboxylic acids is 2. The molecule has 12 heteroatoms. The van der Waals surface area contributed by atoms with Crippen molar-refractivity contribution in [1.82, 2.24) is 9.79 Å². The van der Waals surface area contributed by atoms with E-state index in [1.165, 1.54) is 0 Å². The van der Waals surface area contributed by atoms with E-state index in [9.17, 15) is 32.3 Å². The molecule has 0 spiro atoms. The Morgan fingerprint density at radius 3 is 2.50 bits per heavy atom. The average molecular weight is 388 g/mol. The summed E-state index contributed by atoms with van der Waals surface area (Å²) < 4.78 is 44.3. The Kier molecular flexibility index (Phi) is 4.42. The first-order valence-electron chi connectivity index (χ1n) is 7.36. The highest BCUT2D eigenvalue weighted by Gasteiger charge is 2.59. The number of hydrogen-bond acceptors (Lipinski definition) is 7. The molecule has 2 N–H and O–H groups in total. The molecule has 2 aliphatic rings. The third kappa shape index (κ3) is 3.02. The quantitative estimate of drug-likeness (QED) is 0.635. The number of rotatable bonds is 5. The first kappa shape index (κ1) is 18.2. The molecule has 2 saturated heterocycles. The largest absolute Gasteiger partial charge is 0.477 e. The fourth-order valence-electron chi connectivity index (χ4n) is 2.60. The van der Waals surface area contributed by atoms with Crippen molar-refractivity contribution in [3.05, 3.63) is 30.1 Å². The molecular weight excluding hydrogens is 375 g/mol. The van der Waals surface area contributed by atoms with Crippen LogP contribution in [0.15, 0.2) is 29.2 Å². The van der Waals surface area contributed by atoms with Crippen molar-refractivity contribution in [3.8, 4) is 0 Å². The van der Waals surface area contributed by atoms with Gasteiger partial charge in [-0.05, 0) is 24.3 Å². The van der Waals surface area contributed by atoms with Crippen LogP contribution in [0.4, 0.5) is 4.39 Å². The molecule has 2 fully saturated rings. The third-order valence-electron chi connectivity index (χ3n) is 3.90. The molecule has 1 aromatic carbocycles. The Labute approximate surface area is 146 Å². The lowest BCUT2D eigenvalue weighted by molar-refractivity contribution is -0.256. The van der Waals surface area contributed by atoms with Gasteiger partial charge in [0, 0.05) is 6.42 Å². The maximum atomic E-state index is 12.9. The predicted octanol–water partition coefficient (Wildman–Crippen LogP) is -0.636. The van der Waals surface area contributed by atoms with Crippen molar-refractivity contribution in [1.29, 1.82) is 0 Å². The molecule has 0 aliphatic carbocycles. The number of amides is 1. The summed E-state index contributed by atoms with van der Waals surface area (Å²) in [6, 6.07) is 2.46. The Morgan fingerprint density at radius 2 is 1.96 bits per heavy atom. The van der Waals surface area contributed by atoms with E-state index in [2.05, 4.69) is 4.72 Å². The molecule has 26 heavy (non-hydrogen) atoms. The van der Waals surface area contributed by atoms with Crippen molar-refractivity contribution in [2.45, 2.75) is 29.5 Å². The summed E-state index contributed by atoms with van der Waals surface area (Å²) in [5.74, 6) is -4.09. The third-order valence-corrected chi connectivity index (χ3v) is 5.39. The number of aliphatic carboxylic acids is 1. The van der Waals surface area contributed by atoms with Crippen LogP contribution in [0.5, 0.6) is 0 Å². The lowest BCUT2D eigenvalue weighted by Gasteiger charge is -2.30. The van der Waals surface area contributed by atoms with E-state index >= 15 is 0 Å². The van der Waals surface area contributed by atoms with Gasteiger partial charge in [0.25, 0.3) is 5.91 Å². The van der Waals surface area contributed by atoms with Crippen LogP contribution in [-0.2, 0) is 34.0 Å². The monoisotopic (exact) mass is 388 g/mol. The Bertz CT molecular complexity index is 871. The number of cyclic esters (lactones) is 1. The number of carboxylic acids is 1. The number of carboxylic acid groups (broad SMARTS) is 1. The Balaban J connectivity index is 1.80. The molecule has 3 rings (SSSR count). The van der Waals surface area contributed by atoms with Crippen LogP contribution in [0, 0.1) is 5.82 Å². The number of halogens is 1. The molecule has 140 valence electrons. The number of ether oxygens (including phenoxy) is 1. The van der Waals surface area contributed by atoms with Crippen LogP contribution in [0.3, 0.4) is 0 Å². The molecular formula is C14H13FN2O8S. The molecule has 2 aliphatic heterocycles. The number of hydrogen-bond donors (Lipinski definition) is 2. The van der Waals surface area contributed by atoms with Crippen LogP contribution in [0.25, 0.3) is 0 Å². The number of sulfonamides is 1. The van der Waals surface area contributed by atoms with E-state index in [0.29, 0.717) is 5.06 Å². The van der Waals surface area contributed by atoms with Gasteiger partial charge in [-0.25, -0.2) is 17.6 Å². The van der Waals surface area contributed by atoms with Crippen molar-refractivity contribution in [2.75, 3.05) is 6.61 Å². The highest BCUT2D eigenvalue weighted by molar-refractivity contribution is 7.89. The summed E-state index contributed by atoms with van der Waals surface area (Å²) in [6.07, 6.45) is -0.560. The maximum absolute atomic E-state index is 12.9. The molecule has 0 radical (unpaired) electrons. The Morgan fingerprint density at radius 1 is 1.31 bits per heavy atom. The molecule has 0 bridgehead atoms. The lowest BCUT2D eigenvalue weighted by Crippen LogP contribution is -2.56. The van der Waals surface area contributed by atoms with Crippen molar-refractivity contribution in [3.63, 3.8) is 0 Å². The molecule has 0 saturated carbocycles. The highest BCUT2D eigenvalue weighted by Crippen LogP contribution is 2.34. The minimum absolute atomic E-state index is 0.231. The van der Waals surface area contributed by atoms with E-state index in [0.717, 1.165) is 24.3 Å². The van der Waals surface area contributed by atoms with Gasteiger partial charge >= 0.3 is 17.7 Å². The van der Waals surface area contributed by atoms with E-state index < -0.39 is 52.1 Å². The molecule has 1 aromatic rings. The molecule has 1 amide bonds. The van der Waals surface area contributed by atoms with Gasteiger partial charge in [-0.15, -0.1) is 0 Å². The van der Waals surface area contributed by atoms with Crippen LogP contribution < -0.4 is 4.72 Å². The van der Waals surface area contributed by atoms with Crippen LogP contribution in [-0.4, -0.2) is 54.8 Å². The number of benzene rings is 1. The summed E-state index contributed by atoms with van der Waals surface area (Å²) in [7, 11) is -4.19. The summed E-state index contributed by atoms with van der Waals surface area (Å²) in [5, 5.41) is 9.73. The maximum Gasteiger partial charge on any atom is 0.372 e. The number of nitrogens with one attached hydrogen (secondary N) is 1. The van der Waals surface area contributed by atoms with E-state index in [4.69, 9.17) is 9.57 Å². The Hall–Kier alpha value is -2.57. The van der Waals surface area contributed by atoms with Crippen molar-refractivity contribution in [2.24, 2.45) is 0 Å². The second-order valence-electron chi connectivity index (χ2n) is 5.62. The van der Waals surface area contributed by atoms with Gasteiger partial charge in [-0.2, -0.15) is 9.79 Å². The van der Waals surface area contributed by atoms with Gasteiger partial charge in [0.05, 0.1) is 11.3 Å². The normalized spacial score (nSPS) is 26.2. The standard InChI is InChI=1S/C14H13FN2O8S/c15-8-1-3-9(4-2-8)26(22,23)16-10-7-24-17(12(10)19)14(13(20)21)6-5-11(18)25-14/h1-4,10,16H,5-7H2,(H,20,21)/t10-,14?/m0/s1. The summed E-state index contributed by atoms with van der Waals surface area (Å²) in [5.41, 5.74) is -2.33. The lowest BCUT2D eigenvalue weighted by atomic mass is 10.1. The SMILES string of the molecule is O=C1CCC(C(=O)O)(N2OC[C@H](NS(=O)(=O)c3ccc(F)cc3)C2=O)O1. The first-order valence-corrected chi connectivity index (χ1v) is 8.84. The van der Waals surface area contributed by atoms with Crippen molar-refractivity contribution < 1.29 is 41.9 Å². The average Bonchev–Trinajstić information content (AvgIpc) is 3.12. The smallest absolute Gasteiger partial charge is 0.372 e. The van der Waals surface area contributed by atoms with Gasteiger partial charge in [0.1, 0.15) is 18.5 Å². The second-order valence-corrected chi connectivity index (χ2v) is 7.33. The minimum Gasteiger partial charge on any atom is -0.477 e. The van der Waals surface area contributed by atoms with Crippen LogP contribution >= 0.6 is 0 Å². The molecule has 10 nitrogen and oxygen atoms in total. The van der Waals surface area contributed by atoms with E-state index in [1.54, 1.807) is 0 Å². The van der Waals surface area contributed by atoms with E-state index in [1.807, 2.05) is 0 Å². The van der Waals surface area contributed by atoms with Gasteiger partial charge in [0.15, 0.2) is 0 Å². The zero-order chi connectivity index (χ0) is 19.1. The summed E-state index contributed by atoms with van der Waals surface area (Å²) >= 11 is 0. The number of esters is 1. The topological polar surface area (TPSA) is 139 Å². The number of nitrogens with zero attached hydrogens (tertiary/aromatic N) is 1. The second kappa shape index (κ2) is 6.30. The predicted molar refractivity (Wildman–Crippen MR) is 79.0 cm³/mol. The summed E-state index contributed by atoms with van der Waals surface area (Å²) in [4.78, 5) is 40.0. The van der Waals surface area contributed by atoms with Crippen molar-refractivity contribution >= 4 is 27.9 Å². The van der Waals surface area contributed by atoms with Crippen LogP contribution in [0.1, 0.15) is 12.8 Å². The number of carbonyl (C=O) groups is 3. The van der Waals surface area contributed by atoms with Gasteiger partial charge in [0.2, 0.25) is 10.0 Å². The van der Waals surface area contributed by atoms with Gasteiger partial charge < -0.3 is 9.84 Å². The minimum atomic E-state index is -4.19. The van der Waals surface area contributed by atoms with E-state index in [-0.39, 0.29) is 17.7 Å². The van der Waals surface area contributed by atoms with Crippen LogP contribution in [0.2, 0.25) is 0 Å². The highest BCUT2D eigenvalue weighted by atomic mass is 32.2. The fourth-order valence-corrected chi connectivity index (χ4v) is 3.78. The molecule has 0 aromatic heterocycles. The molecule has 2 atom stereocenters. The summed E-state index contributed by atoms with van der Waals surface area (Å²) in [6.45, 7) is -0.494. The van der Waals surface area contributed by atoms with Gasteiger partial charge in [-0.1, -0.05) is 0 Å². The molecule has 1 unspecified atom stereocenters. The molecule has 2 heterocycles. The fraction of sp³-hybridized carbons (Fsp3) is 0.357. The van der Waals surface area contributed by atoms with Gasteiger partial charge in [-0.3, -0.25) is 14.4 Å².